The van der Waals surface area contributed by atoms with Crippen LogP contribution >= 0.6 is 0 Å². The Hall–Kier alpha value is -7.95. The third kappa shape index (κ3) is 12.0. The maximum absolute atomic E-state index is 9.28. The Morgan fingerprint density at radius 2 is 0.337 bits per heavy atom. The van der Waals surface area contributed by atoms with Crippen LogP contribution in [0.4, 0.5) is 0 Å². The Morgan fingerprint density at radius 3 is 0.467 bits per heavy atom. The van der Waals surface area contributed by atoms with Crippen LogP contribution in [0.5, 0.6) is 23.0 Å². The normalized spacial score (nSPS) is 17.0. The zero-order valence-corrected chi connectivity index (χ0v) is 59.9. The minimum absolute atomic E-state index is 0.660. The van der Waals surface area contributed by atoms with Gasteiger partial charge in [-0.1, -0.05) is 0 Å². The number of hydrogen-bond acceptors (Lipinski definition) is 10. The first-order valence-electron chi connectivity index (χ1n) is 30.1. The van der Waals surface area contributed by atoms with Crippen LogP contribution < -0.4 is 74.9 Å². The van der Waals surface area contributed by atoms with E-state index < -0.39 is 72.2 Å². The molecule has 0 radical (unpaired) electrons. The van der Waals surface area contributed by atoms with E-state index in [1.54, 1.807) is 28.4 Å². The molecule has 460 valence electrons. The van der Waals surface area contributed by atoms with E-state index in [1.807, 2.05) is 97.1 Å². The summed E-state index contributed by atoms with van der Waals surface area (Å²) in [4.78, 5) is 0. The number of ether oxygens (including phenoxy) is 4. The summed E-state index contributed by atoms with van der Waals surface area (Å²) in [5.74, 6) is 2.64. The van der Waals surface area contributed by atoms with E-state index in [2.05, 4.69) is 243 Å². The van der Waals surface area contributed by atoms with Gasteiger partial charge in [-0.05, 0) is 0 Å². The van der Waals surface area contributed by atoms with Crippen LogP contribution in [-0.2, 0) is 19.4 Å². The SMILES string of the molecule is COc1ccc([Te]2(c3ccc(OC)cc3)O[Si](c3ccccc3)(c3ccccc3)O[Si](c3ccccc3)(c3ccccc3)O[Te](c3ccc(OC)cc3)(c3ccc(OC)cc3)O[Si](c3ccccc3)(c3ccccc3)O[Si](c3ccccc3)(c3ccccc3)O2)cc1. The third-order valence-corrected chi connectivity index (χ3v) is 57.7. The van der Waals surface area contributed by atoms with Crippen LogP contribution in [0.25, 0.3) is 0 Å². The number of hydrogen-bond donors (Lipinski definition) is 0. The number of methoxy groups -OCH3 is 4. The molecule has 1 heterocycles. The summed E-state index contributed by atoms with van der Waals surface area (Å²) >= 11 is -11.4. The van der Waals surface area contributed by atoms with Crippen LogP contribution in [-0.4, -0.2) is 101 Å². The van der Waals surface area contributed by atoms with Crippen LogP contribution in [0.2, 0.25) is 0 Å². The van der Waals surface area contributed by atoms with Crippen molar-refractivity contribution < 1.29 is 38.3 Å². The van der Waals surface area contributed by atoms with Gasteiger partial charge in [0.05, 0.1) is 0 Å². The summed E-state index contributed by atoms with van der Waals surface area (Å²) in [6.45, 7) is 0. The summed E-state index contributed by atoms with van der Waals surface area (Å²) in [6, 6.07) is 117. The van der Waals surface area contributed by atoms with Crippen molar-refractivity contribution in [3.63, 3.8) is 0 Å². The second-order valence-corrected chi connectivity index (χ2v) is 50.3. The van der Waals surface area contributed by atoms with Gasteiger partial charge in [0.1, 0.15) is 0 Å². The van der Waals surface area contributed by atoms with Crippen LogP contribution in [0.3, 0.4) is 0 Å². The van der Waals surface area contributed by atoms with Crippen molar-refractivity contribution >= 4 is 128 Å². The molecule has 0 amide bonds. The summed E-state index contributed by atoms with van der Waals surface area (Å²) in [6.07, 6.45) is 0. The Morgan fingerprint density at radius 1 is 0.196 bits per heavy atom. The first kappa shape index (κ1) is 62.8. The predicted molar refractivity (Wildman–Crippen MR) is 380 cm³/mol. The number of benzene rings is 12. The van der Waals surface area contributed by atoms with Gasteiger partial charge in [-0.3, -0.25) is 0 Å². The van der Waals surface area contributed by atoms with Gasteiger partial charge in [-0.15, -0.1) is 0 Å². The van der Waals surface area contributed by atoms with Crippen molar-refractivity contribution in [2.75, 3.05) is 28.4 Å². The zero-order chi connectivity index (χ0) is 62.9. The van der Waals surface area contributed by atoms with Crippen molar-refractivity contribution in [2.24, 2.45) is 0 Å². The van der Waals surface area contributed by atoms with E-state index in [-0.39, 0.29) is 0 Å². The Balaban J connectivity index is 1.32. The quantitative estimate of drug-likeness (QED) is 0.0899. The molecule has 1 aliphatic heterocycles. The first-order chi connectivity index (χ1) is 45.2. The van der Waals surface area contributed by atoms with Crippen LogP contribution in [0.15, 0.2) is 340 Å². The molecule has 13 rings (SSSR count). The van der Waals surface area contributed by atoms with E-state index in [1.165, 1.54) is 0 Å². The van der Waals surface area contributed by atoms with Gasteiger partial charge in [-0.25, -0.2) is 0 Å². The van der Waals surface area contributed by atoms with Crippen molar-refractivity contribution in [1.82, 2.24) is 0 Å². The van der Waals surface area contributed by atoms with Gasteiger partial charge in [0.25, 0.3) is 0 Å². The second-order valence-electron chi connectivity index (χ2n) is 21.6. The van der Waals surface area contributed by atoms with Gasteiger partial charge >= 0.3 is 558 Å². The molecule has 0 saturated carbocycles. The zero-order valence-electron chi connectivity index (χ0n) is 51.2. The molecular formula is C76H68O10Si4Te2. The van der Waals surface area contributed by atoms with Gasteiger partial charge in [-0.2, -0.15) is 0 Å². The van der Waals surface area contributed by atoms with Crippen molar-refractivity contribution in [3.05, 3.63) is 340 Å². The molecule has 92 heavy (non-hydrogen) atoms. The molecule has 16 heteroatoms. The monoisotopic (exact) mass is 1510 g/mol. The molecule has 0 aromatic heterocycles. The molecule has 12 aromatic carbocycles. The van der Waals surface area contributed by atoms with Gasteiger partial charge in [0, 0.05) is 0 Å². The van der Waals surface area contributed by atoms with Crippen molar-refractivity contribution in [3.8, 4) is 23.0 Å². The van der Waals surface area contributed by atoms with Gasteiger partial charge < -0.3 is 0 Å². The summed E-state index contributed by atoms with van der Waals surface area (Å²) in [5.41, 5.74) is 0. The molecule has 0 unspecified atom stereocenters. The summed E-state index contributed by atoms with van der Waals surface area (Å²) in [7, 11) is -11.8. The molecule has 0 spiro atoms. The second kappa shape index (κ2) is 27.7. The van der Waals surface area contributed by atoms with Crippen LogP contribution in [0.1, 0.15) is 0 Å². The average molecular weight is 1510 g/mol. The molecular weight excluding hydrogens is 1440 g/mol. The van der Waals surface area contributed by atoms with E-state index in [4.69, 9.17) is 18.9 Å². The first-order valence-corrected chi connectivity index (χ1v) is 45.9. The van der Waals surface area contributed by atoms with E-state index >= 15 is 0 Å². The fraction of sp³-hybridized carbons (Fsp3) is 0.0526. The maximum atomic E-state index is 9.28. The van der Waals surface area contributed by atoms with Gasteiger partial charge in [0.15, 0.2) is 0 Å². The Labute approximate surface area is 552 Å². The van der Waals surface area contributed by atoms with E-state index in [0.717, 1.165) is 55.9 Å². The molecule has 1 aliphatic rings. The summed E-state index contributed by atoms with van der Waals surface area (Å²) in [5, 5.41) is 6.52. The van der Waals surface area contributed by atoms with E-state index in [0.29, 0.717) is 23.0 Å². The molecule has 12 aromatic rings. The van der Waals surface area contributed by atoms with E-state index in [9.17, 15) is 19.4 Å². The molecule has 1 saturated heterocycles. The predicted octanol–water partition coefficient (Wildman–Crippen LogP) is 7.67. The molecule has 10 nitrogen and oxygen atoms in total. The van der Waals surface area contributed by atoms with Crippen molar-refractivity contribution in [1.29, 1.82) is 0 Å². The van der Waals surface area contributed by atoms with Crippen molar-refractivity contribution in [2.45, 2.75) is 0 Å². The Bertz CT molecular complexity index is 3600. The molecule has 1 fully saturated rings. The molecule has 0 aliphatic carbocycles. The summed E-state index contributed by atoms with van der Waals surface area (Å²) < 4.78 is 82.9. The standard InChI is InChI=1S/C76H68O10Si4Te2/c1-77-61-45-53-73(54-46-61)91(74-55-47-62(78-2)48-56-74)83-87(65-29-13-5-14-30-65,66-31-15-6-16-32-66)81-89(69-37-21-9-22-38-69,70-39-23-10-24-40-70)85-92(75-57-49-63(79-3)50-58-75,76-59-51-64(80-4)52-60-76)86-90(71-41-25-11-26-42-71,72-43-27-12-28-44-72)82-88(84-91,67-33-17-7-18-34-67)68-35-19-8-20-36-68/h5-60H,1-4H3. The topological polar surface area (TPSA) is 92.3 Å². The fourth-order valence-corrected chi connectivity index (χ4v) is 65.6. The minimum atomic E-state index is -5.71. The molecule has 0 N–H and O–H groups in total. The fourth-order valence-electron chi connectivity index (χ4n) is 11.6. The average Bonchev–Trinajstić information content (AvgIpc) is 0.700. The number of rotatable bonds is 16. The third-order valence-electron chi connectivity index (χ3n) is 16.2. The van der Waals surface area contributed by atoms with Crippen LogP contribution in [0, 0.1) is 0 Å². The van der Waals surface area contributed by atoms with Gasteiger partial charge in [0.2, 0.25) is 0 Å². The Kier molecular flexibility index (Phi) is 18.9. The molecule has 0 bridgehead atoms. The molecule has 0 atom stereocenters.